The first-order valence-electron chi connectivity index (χ1n) is 6.10. The summed E-state index contributed by atoms with van der Waals surface area (Å²) in [6, 6.07) is 7.43. The molecule has 0 saturated heterocycles. The van der Waals surface area contributed by atoms with Crippen LogP contribution in [0.1, 0.15) is 28.9 Å². The van der Waals surface area contributed by atoms with Gasteiger partial charge in [0.05, 0.1) is 11.1 Å². The Labute approximate surface area is 134 Å². The lowest BCUT2D eigenvalue weighted by Gasteiger charge is -2.16. The number of amides is 1. The summed E-state index contributed by atoms with van der Waals surface area (Å²) in [7, 11) is 0. The molecule has 0 bridgehead atoms. The fourth-order valence-electron chi connectivity index (χ4n) is 1.91. The zero-order chi connectivity index (χ0) is 15.6. The minimum atomic E-state index is -0.798. The van der Waals surface area contributed by atoms with Crippen molar-refractivity contribution >= 4 is 33.4 Å². The van der Waals surface area contributed by atoms with Crippen molar-refractivity contribution in [3.8, 4) is 0 Å². The number of benzene rings is 2. The second-order valence-corrected chi connectivity index (χ2v) is 5.72. The Hall–Kier alpha value is -1.46. The molecule has 0 aliphatic heterocycles. The van der Waals surface area contributed by atoms with Gasteiger partial charge in [-0.15, -0.1) is 0 Å². The van der Waals surface area contributed by atoms with Gasteiger partial charge in [0.25, 0.3) is 5.91 Å². The summed E-state index contributed by atoms with van der Waals surface area (Å²) in [6.07, 6.45) is 0. The second kappa shape index (κ2) is 6.54. The van der Waals surface area contributed by atoms with Gasteiger partial charge in [-0.3, -0.25) is 4.79 Å². The van der Waals surface area contributed by atoms with Gasteiger partial charge < -0.3 is 5.32 Å². The van der Waals surface area contributed by atoms with E-state index < -0.39 is 23.6 Å². The van der Waals surface area contributed by atoms with E-state index >= 15 is 0 Å². The molecule has 0 spiro atoms. The van der Waals surface area contributed by atoms with Gasteiger partial charge in [-0.05, 0) is 53.2 Å². The Morgan fingerprint density at radius 1 is 1.24 bits per heavy atom. The number of carbonyl (C=O) groups excluding carboxylic acids is 1. The van der Waals surface area contributed by atoms with Crippen molar-refractivity contribution in [3.63, 3.8) is 0 Å². The largest absolute Gasteiger partial charge is 0.345 e. The number of hydrogen-bond donors (Lipinski definition) is 1. The van der Waals surface area contributed by atoms with Gasteiger partial charge in [0.1, 0.15) is 11.6 Å². The van der Waals surface area contributed by atoms with Crippen LogP contribution < -0.4 is 5.32 Å². The van der Waals surface area contributed by atoms with Gasteiger partial charge in [-0.1, -0.05) is 17.7 Å². The van der Waals surface area contributed by atoms with Crippen molar-refractivity contribution in [1.82, 2.24) is 5.32 Å². The highest BCUT2D eigenvalue weighted by Crippen LogP contribution is 2.24. The van der Waals surface area contributed by atoms with E-state index in [0.717, 1.165) is 12.1 Å². The number of rotatable bonds is 3. The fraction of sp³-hybridized carbons (Fsp3) is 0.133. The number of hydrogen-bond acceptors (Lipinski definition) is 1. The molecule has 0 aliphatic rings. The molecule has 0 radical (unpaired) electrons. The molecule has 0 heterocycles. The van der Waals surface area contributed by atoms with Crippen LogP contribution in [0.5, 0.6) is 0 Å². The third-order valence-electron chi connectivity index (χ3n) is 2.96. The summed E-state index contributed by atoms with van der Waals surface area (Å²) in [5.41, 5.74) is 0.175. The van der Waals surface area contributed by atoms with Crippen molar-refractivity contribution in [1.29, 1.82) is 0 Å². The summed E-state index contributed by atoms with van der Waals surface area (Å²) in [5.74, 6) is -1.83. The third kappa shape index (κ3) is 3.60. The summed E-state index contributed by atoms with van der Waals surface area (Å²) in [5, 5.41) is 3.03. The zero-order valence-electron chi connectivity index (χ0n) is 11.0. The van der Waals surface area contributed by atoms with E-state index in [4.69, 9.17) is 11.6 Å². The lowest BCUT2D eigenvalue weighted by molar-refractivity contribution is 0.0938. The molecule has 1 unspecified atom stereocenters. The summed E-state index contributed by atoms with van der Waals surface area (Å²) >= 11 is 9.07. The summed E-state index contributed by atoms with van der Waals surface area (Å²) in [4.78, 5) is 12.1. The van der Waals surface area contributed by atoms with E-state index in [9.17, 15) is 13.6 Å². The highest BCUT2D eigenvalue weighted by molar-refractivity contribution is 9.10. The van der Waals surface area contributed by atoms with E-state index in [2.05, 4.69) is 21.2 Å². The van der Waals surface area contributed by atoms with E-state index in [1.807, 2.05) is 0 Å². The minimum Gasteiger partial charge on any atom is -0.345 e. The average molecular weight is 375 g/mol. The van der Waals surface area contributed by atoms with Crippen molar-refractivity contribution in [2.45, 2.75) is 13.0 Å². The summed E-state index contributed by atoms with van der Waals surface area (Å²) < 4.78 is 27.9. The molecule has 110 valence electrons. The van der Waals surface area contributed by atoms with Crippen LogP contribution in [-0.4, -0.2) is 5.91 Å². The monoisotopic (exact) mass is 373 g/mol. The van der Waals surface area contributed by atoms with Crippen molar-refractivity contribution in [2.24, 2.45) is 0 Å². The van der Waals surface area contributed by atoms with Crippen LogP contribution in [-0.2, 0) is 0 Å². The molecule has 6 heteroatoms. The fourth-order valence-corrected chi connectivity index (χ4v) is 2.41. The van der Waals surface area contributed by atoms with Gasteiger partial charge in [0.15, 0.2) is 0 Å². The molecule has 0 fully saturated rings. The van der Waals surface area contributed by atoms with Crippen molar-refractivity contribution in [3.05, 3.63) is 68.7 Å². The van der Waals surface area contributed by atoms with Gasteiger partial charge in [-0.2, -0.15) is 0 Å². The maximum Gasteiger partial charge on any atom is 0.251 e. The highest BCUT2D eigenvalue weighted by atomic mass is 79.9. The Morgan fingerprint density at radius 3 is 2.43 bits per heavy atom. The Kier molecular flexibility index (Phi) is 4.96. The van der Waals surface area contributed by atoms with E-state index in [0.29, 0.717) is 15.1 Å². The van der Waals surface area contributed by atoms with Gasteiger partial charge in [0, 0.05) is 15.6 Å². The molecule has 0 saturated carbocycles. The molecule has 2 aromatic carbocycles. The Morgan fingerprint density at radius 2 is 1.86 bits per heavy atom. The highest BCUT2D eigenvalue weighted by Gasteiger charge is 2.18. The van der Waals surface area contributed by atoms with Gasteiger partial charge in [0.2, 0.25) is 0 Å². The molecule has 2 nitrogen and oxygen atoms in total. The SMILES string of the molecule is CC(NC(=O)c1ccc(Cl)c(Br)c1)c1c(F)cccc1F. The first-order chi connectivity index (χ1) is 9.90. The van der Waals surface area contributed by atoms with Crippen molar-refractivity contribution in [2.75, 3.05) is 0 Å². The predicted octanol–water partition coefficient (Wildman–Crippen LogP) is 4.87. The number of nitrogens with one attached hydrogen (secondary N) is 1. The minimum absolute atomic E-state index is 0.168. The van der Waals surface area contributed by atoms with Gasteiger partial charge >= 0.3 is 0 Å². The first-order valence-corrected chi connectivity index (χ1v) is 7.27. The smallest absolute Gasteiger partial charge is 0.251 e. The predicted molar refractivity (Wildman–Crippen MR) is 81.4 cm³/mol. The number of carbonyl (C=O) groups is 1. The lowest BCUT2D eigenvalue weighted by Crippen LogP contribution is -2.28. The third-order valence-corrected chi connectivity index (χ3v) is 4.18. The molecular formula is C15H11BrClF2NO. The zero-order valence-corrected chi connectivity index (χ0v) is 13.3. The van der Waals surface area contributed by atoms with Crippen LogP contribution in [0.4, 0.5) is 8.78 Å². The lowest BCUT2D eigenvalue weighted by atomic mass is 10.1. The van der Waals surface area contributed by atoms with Crippen LogP contribution in [0.2, 0.25) is 5.02 Å². The Bertz CT molecular complexity index is 673. The van der Waals surface area contributed by atoms with E-state index in [1.54, 1.807) is 12.1 Å². The molecule has 1 amide bonds. The molecule has 2 rings (SSSR count). The van der Waals surface area contributed by atoms with E-state index in [-0.39, 0.29) is 5.56 Å². The van der Waals surface area contributed by atoms with Crippen LogP contribution in [0.15, 0.2) is 40.9 Å². The summed E-state index contributed by atoms with van der Waals surface area (Å²) in [6.45, 7) is 1.52. The molecule has 2 aromatic rings. The quantitative estimate of drug-likeness (QED) is 0.816. The number of halogens is 4. The molecule has 0 aromatic heterocycles. The molecule has 21 heavy (non-hydrogen) atoms. The standard InChI is InChI=1S/C15H11BrClF2NO/c1-8(14-12(18)3-2-4-13(14)19)20-15(21)9-5-6-11(17)10(16)7-9/h2-8H,1H3,(H,20,21). The average Bonchev–Trinajstić information content (AvgIpc) is 2.41. The molecule has 0 aliphatic carbocycles. The molecule has 1 atom stereocenters. The first kappa shape index (κ1) is 15.9. The van der Waals surface area contributed by atoms with Crippen LogP contribution in [0, 0.1) is 11.6 Å². The molecular weight excluding hydrogens is 364 g/mol. The maximum atomic E-state index is 13.7. The van der Waals surface area contributed by atoms with Gasteiger partial charge in [-0.25, -0.2) is 8.78 Å². The van der Waals surface area contributed by atoms with Crippen molar-refractivity contribution < 1.29 is 13.6 Å². The normalized spacial score (nSPS) is 12.0. The second-order valence-electron chi connectivity index (χ2n) is 4.46. The maximum absolute atomic E-state index is 13.7. The van der Waals surface area contributed by atoms with Crippen LogP contribution >= 0.6 is 27.5 Å². The van der Waals surface area contributed by atoms with Crippen LogP contribution in [0.25, 0.3) is 0 Å². The Balaban J connectivity index is 2.21. The van der Waals surface area contributed by atoms with E-state index in [1.165, 1.54) is 19.1 Å². The topological polar surface area (TPSA) is 29.1 Å². The molecule has 1 N–H and O–H groups in total. The van der Waals surface area contributed by atoms with Crippen LogP contribution in [0.3, 0.4) is 0 Å².